The second-order valence-corrected chi connectivity index (χ2v) is 15.2. The van der Waals surface area contributed by atoms with Crippen LogP contribution in [0.1, 0.15) is 136 Å². The third-order valence-corrected chi connectivity index (χ3v) is 9.92. The van der Waals surface area contributed by atoms with Gasteiger partial charge < -0.3 is 39.9 Å². The van der Waals surface area contributed by atoms with Gasteiger partial charge in [-0.2, -0.15) is 0 Å². The number of unbranched alkanes of at least 4 members (excludes halogenated alkanes) is 12. The van der Waals surface area contributed by atoms with Gasteiger partial charge in [-0.1, -0.05) is 107 Å². The van der Waals surface area contributed by atoms with Gasteiger partial charge in [0.25, 0.3) is 0 Å². The summed E-state index contributed by atoms with van der Waals surface area (Å²) >= 11 is 0. The predicted octanol–water partition coefficient (Wildman–Crippen LogP) is 6.91. The summed E-state index contributed by atoms with van der Waals surface area (Å²) in [5, 5.41) is 50.0. The molecule has 1 fully saturated rings. The smallest absolute Gasteiger partial charge is 0.457 e. The van der Waals surface area contributed by atoms with Crippen molar-refractivity contribution in [2.45, 2.75) is 179 Å². The van der Waals surface area contributed by atoms with Gasteiger partial charge in [-0.3, -0.25) is 13.8 Å². The monoisotopic (exact) mass is 774 g/mol. The van der Waals surface area contributed by atoms with Gasteiger partial charge in [0.05, 0.1) is 13.2 Å². The van der Waals surface area contributed by atoms with E-state index in [9.17, 15) is 39.8 Å². The third kappa shape index (κ3) is 24.4. The number of hydrogen-bond acceptors (Lipinski definition) is 11. The molecule has 6 unspecified atom stereocenters. The average molecular weight is 775 g/mol. The predicted molar refractivity (Wildman–Crippen MR) is 207 cm³/mol. The van der Waals surface area contributed by atoms with Gasteiger partial charge in [0.15, 0.2) is 0 Å². The van der Waals surface area contributed by atoms with Crippen LogP contribution in [0.2, 0.25) is 0 Å². The summed E-state index contributed by atoms with van der Waals surface area (Å²) in [6, 6.07) is 0. The van der Waals surface area contributed by atoms with Crippen molar-refractivity contribution in [1.29, 1.82) is 0 Å². The van der Waals surface area contributed by atoms with E-state index in [0.717, 1.165) is 89.9 Å². The number of aliphatic hydroxyl groups excluding tert-OH is 5. The molecule has 53 heavy (non-hydrogen) atoms. The number of phosphoric ester groups is 1. The number of aliphatic hydroxyl groups is 5. The second-order valence-electron chi connectivity index (χ2n) is 13.7. The Kier molecular flexibility index (Phi) is 29.3. The van der Waals surface area contributed by atoms with E-state index in [1.165, 1.54) is 19.3 Å². The maximum Gasteiger partial charge on any atom is 0.472 e. The highest BCUT2D eigenvalue weighted by Crippen LogP contribution is 2.47. The van der Waals surface area contributed by atoms with Crippen LogP contribution in [-0.2, 0) is 27.9 Å². The van der Waals surface area contributed by atoms with Crippen molar-refractivity contribution in [3.05, 3.63) is 48.6 Å². The summed E-state index contributed by atoms with van der Waals surface area (Å²) < 4.78 is 34.0. The molecule has 0 saturated heterocycles. The number of hydrogen-bond donors (Lipinski definition) is 6. The zero-order chi connectivity index (χ0) is 39.2. The summed E-state index contributed by atoms with van der Waals surface area (Å²) in [5.41, 5.74) is 0. The lowest BCUT2D eigenvalue weighted by Gasteiger charge is -2.41. The Morgan fingerprint density at radius 1 is 0.623 bits per heavy atom. The highest BCUT2D eigenvalue weighted by Gasteiger charge is 2.51. The molecule has 0 aliphatic heterocycles. The number of carbonyl (C=O) groups is 1. The van der Waals surface area contributed by atoms with Crippen LogP contribution < -0.4 is 0 Å². The van der Waals surface area contributed by atoms with Crippen LogP contribution in [0.15, 0.2) is 48.6 Å². The first kappa shape index (κ1) is 49.3. The van der Waals surface area contributed by atoms with Gasteiger partial charge in [-0.05, 0) is 70.6 Å². The molecular weight excluding hydrogens is 703 g/mol. The van der Waals surface area contributed by atoms with Crippen molar-refractivity contribution in [3.63, 3.8) is 0 Å². The topological polar surface area (TPSA) is 192 Å². The van der Waals surface area contributed by atoms with Gasteiger partial charge in [0.2, 0.25) is 0 Å². The minimum absolute atomic E-state index is 0.0967. The van der Waals surface area contributed by atoms with Gasteiger partial charge in [0.1, 0.15) is 42.7 Å². The molecule has 0 heterocycles. The lowest BCUT2D eigenvalue weighted by atomic mass is 9.85. The maximum absolute atomic E-state index is 12.7. The van der Waals surface area contributed by atoms with Gasteiger partial charge >= 0.3 is 13.8 Å². The molecule has 0 bridgehead atoms. The van der Waals surface area contributed by atoms with Crippen molar-refractivity contribution in [2.75, 3.05) is 19.8 Å². The average Bonchev–Trinajstić information content (AvgIpc) is 3.14. The molecule has 13 heteroatoms. The van der Waals surface area contributed by atoms with E-state index in [1.54, 1.807) is 0 Å². The lowest BCUT2D eigenvalue weighted by molar-refractivity contribution is -0.220. The Hall–Kier alpha value is -1.70. The van der Waals surface area contributed by atoms with Crippen LogP contribution in [-0.4, -0.2) is 98.9 Å². The number of phosphoric acid groups is 1. The summed E-state index contributed by atoms with van der Waals surface area (Å²) in [5.74, 6) is -0.499. The van der Waals surface area contributed by atoms with Gasteiger partial charge in [-0.15, -0.1) is 0 Å². The molecule has 0 radical (unpaired) electrons. The van der Waals surface area contributed by atoms with Crippen molar-refractivity contribution in [2.24, 2.45) is 0 Å². The standard InChI is InChI=1S/C40H71O12P/c1-3-5-7-9-11-13-15-17-18-20-22-24-26-28-30-49-31-33(51-34(41)29-27-25-23-21-19-16-14-12-10-8-6-4-2)32-50-53(47,48)52-40-38(45)36(43)35(42)37(44)39(40)46/h5,7,11-14,17-18,33,35-40,42-46H,3-4,6,8-10,15-16,19-32H2,1-2H3,(H,47,48)/b7-5-,13-11-,14-12-,18-17-. The minimum Gasteiger partial charge on any atom is -0.457 e. The molecule has 6 N–H and O–H groups in total. The molecule has 0 spiro atoms. The van der Waals surface area contributed by atoms with Crippen LogP contribution in [0.5, 0.6) is 0 Å². The highest BCUT2D eigenvalue weighted by molar-refractivity contribution is 7.47. The Balaban J connectivity index is 2.49. The Labute approximate surface area is 318 Å². The van der Waals surface area contributed by atoms with Crippen molar-refractivity contribution in [3.8, 4) is 0 Å². The first-order valence-corrected chi connectivity index (χ1v) is 21.5. The first-order valence-electron chi connectivity index (χ1n) is 20.0. The summed E-state index contributed by atoms with van der Waals surface area (Å²) in [6.45, 7) is 4.02. The van der Waals surface area contributed by atoms with E-state index in [2.05, 4.69) is 62.5 Å². The van der Waals surface area contributed by atoms with Crippen LogP contribution >= 0.6 is 7.82 Å². The fourth-order valence-electron chi connectivity index (χ4n) is 5.71. The molecule has 1 aliphatic carbocycles. The molecule has 12 nitrogen and oxygen atoms in total. The molecule has 1 rings (SSSR count). The van der Waals surface area contributed by atoms with E-state index in [-0.39, 0.29) is 13.0 Å². The SMILES string of the molecule is CC/C=C\C/C=C\C/C=C\CCCCCCOCC(COP(=O)(O)OC1C(O)C(O)C(O)C(O)C1O)OC(=O)CCCCCCC/C=C\CCCCC. The molecule has 0 aromatic carbocycles. The van der Waals surface area contributed by atoms with E-state index in [0.29, 0.717) is 13.0 Å². The van der Waals surface area contributed by atoms with E-state index < -0.39 is 63.1 Å². The van der Waals surface area contributed by atoms with Crippen LogP contribution in [0, 0.1) is 0 Å². The maximum atomic E-state index is 12.7. The van der Waals surface area contributed by atoms with Gasteiger partial charge in [-0.25, -0.2) is 4.57 Å². The van der Waals surface area contributed by atoms with Crippen LogP contribution in [0.4, 0.5) is 0 Å². The van der Waals surface area contributed by atoms with E-state index >= 15 is 0 Å². The molecule has 1 aliphatic rings. The van der Waals surface area contributed by atoms with Crippen LogP contribution in [0.25, 0.3) is 0 Å². The van der Waals surface area contributed by atoms with Crippen molar-refractivity contribution >= 4 is 13.8 Å². The van der Waals surface area contributed by atoms with Crippen molar-refractivity contribution < 1.29 is 58.3 Å². The zero-order valence-corrected chi connectivity index (χ0v) is 33.2. The van der Waals surface area contributed by atoms with E-state index in [4.69, 9.17) is 18.5 Å². The lowest BCUT2D eigenvalue weighted by Crippen LogP contribution is -2.64. The number of carbonyl (C=O) groups excluding carboxylic acids is 1. The minimum atomic E-state index is -5.02. The largest absolute Gasteiger partial charge is 0.472 e. The molecule has 308 valence electrons. The fraction of sp³-hybridized carbons (Fsp3) is 0.775. The summed E-state index contributed by atoms with van der Waals surface area (Å²) in [6.07, 6.45) is 23.4. The highest BCUT2D eigenvalue weighted by atomic mass is 31.2. The molecule has 0 aromatic rings. The normalized spacial score (nSPS) is 24.2. The molecule has 0 aromatic heterocycles. The molecule has 1 saturated carbocycles. The summed E-state index contributed by atoms with van der Waals surface area (Å²) in [7, 11) is -5.02. The number of esters is 1. The first-order chi connectivity index (χ1) is 25.5. The second kappa shape index (κ2) is 31.5. The summed E-state index contributed by atoms with van der Waals surface area (Å²) in [4.78, 5) is 23.0. The van der Waals surface area contributed by atoms with Crippen LogP contribution in [0.3, 0.4) is 0 Å². The number of ether oxygens (including phenoxy) is 2. The fourth-order valence-corrected chi connectivity index (χ4v) is 6.69. The van der Waals surface area contributed by atoms with Crippen molar-refractivity contribution in [1.82, 2.24) is 0 Å². The Morgan fingerprint density at radius 3 is 1.72 bits per heavy atom. The molecule has 0 amide bonds. The zero-order valence-electron chi connectivity index (χ0n) is 32.3. The van der Waals surface area contributed by atoms with Gasteiger partial charge in [0, 0.05) is 13.0 Å². The number of allylic oxidation sites excluding steroid dienone is 8. The quantitative estimate of drug-likeness (QED) is 0.0179. The molecular formula is C40H71O12P. The Morgan fingerprint density at radius 2 is 1.11 bits per heavy atom. The van der Waals surface area contributed by atoms with E-state index in [1.807, 2.05) is 0 Å². The molecule has 6 atom stereocenters. The Bertz CT molecular complexity index is 1060. The third-order valence-electron chi connectivity index (χ3n) is 8.94. The number of rotatable bonds is 32.